The number of carbonyl (C=O) groups is 1. The van der Waals surface area contributed by atoms with Crippen molar-refractivity contribution in [2.24, 2.45) is 5.92 Å². The molecule has 3 rings (SSSR count). The fourth-order valence-electron chi connectivity index (χ4n) is 3.48. The first-order chi connectivity index (χ1) is 13.9. The number of hydrogen-bond donors (Lipinski definition) is 2. The van der Waals surface area contributed by atoms with Gasteiger partial charge < -0.3 is 10.4 Å². The molecule has 148 valence electrons. The van der Waals surface area contributed by atoms with E-state index in [2.05, 4.69) is 17.2 Å². The zero-order valence-electron chi connectivity index (χ0n) is 15.7. The van der Waals surface area contributed by atoms with E-state index >= 15 is 0 Å². The van der Waals surface area contributed by atoms with Crippen LogP contribution in [0.25, 0.3) is 0 Å². The summed E-state index contributed by atoms with van der Waals surface area (Å²) in [5.74, 6) is 4.23. The summed E-state index contributed by atoms with van der Waals surface area (Å²) < 4.78 is 13.1. The van der Waals surface area contributed by atoms with E-state index in [0.29, 0.717) is 29.7 Å². The van der Waals surface area contributed by atoms with Crippen LogP contribution in [0.4, 0.5) is 10.1 Å². The van der Waals surface area contributed by atoms with Gasteiger partial charge in [-0.15, -0.1) is 0 Å². The molecule has 1 amide bonds. The van der Waals surface area contributed by atoms with Gasteiger partial charge in [0, 0.05) is 17.2 Å². The molecular formula is C23H20ClFN2O2. The lowest BCUT2D eigenvalue weighted by molar-refractivity contribution is -0.134. The molecular weight excluding hydrogens is 391 g/mol. The molecule has 0 aromatic heterocycles. The predicted octanol–water partition coefficient (Wildman–Crippen LogP) is 4.65. The number of hydrogen-bond acceptors (Lipinski definition) is 3. The Labute approximate surface area is 174 Å². The van der Waals surface area contributed by atoms with Gasteiger partial charge in [0.05, 0.1) is 10.6 Å². The van der Waals surface area contributed by atoms with Crippen LogP contribution in [0.15, 0.2) is 42.5 Å². The summed E-state index contributed by atoms with van der Waals surface area (Å²) in [7, 11) is 0. The highest BCUT2D eigenvalue weighted by atomic mass is 35.5. The van der Waals surface area contributed by atoms with Gasteiger partial charge >= 0.3 is 0 Å². The fraction of sp³-hybridized carbons (Fsp3) is 0.304. The molecule has 0 aliphatic heterocycles. The van der Waals surface area contributed by atoms with Gasteiger partial charge in [-0.05, 0) is 55.3 Å². The van der Waals surface area contributed by atoms with Crippen molar-refractivity contribution in [1.29, 1.82) is 5.26 Å². The summed E-state index contributed by atoms with van der Waals surface area (Å²) in [5.41, 5.74) is -0.718. The monoisotopic (exact) mass is 410 g/mol. The predicted molar refractivity (Wildman–Crippen MR) is 110 cm³/mol. The van der Waals surface area contributed by atoms with Crippen molar-refractivity contribution in [3.63, 3.8) is 0 Å². The van der Waals surface area contributed by atoms with Gasteiger partial charge in [0.1, 0.15) is 11.9 Å². The molecule has 0 heterocycles. The molecule has 0 spiro atoms. The van der Waals surface area contributed by atoms with E-state index in [1.54, 1.807) is 6.07 Å². The number of amides is 1. The molecule has 1 saturated carbocycles. The first kappa shape index (κ1) is 20.9. The van der Waals surface area contributed by atoms with Crippen molar-refractivity contribution in [2.75, 3.05) is 5.32 Å². The Morgan fingerprint density at radius 3 is 2.48 bits per heavy atom. The standard InChI is InChI=1S/C23H20ClFN2O2/c24-21-14-20(11-8-17(21)15-26)27-22(28)23(29,18-4-2-1-3-5-18)13-12-16-6-9-19(25)10-7-16/h6-11,14,18,29H,1-5H2,(H,27,28)/t23-/m0/s1. The third-order valence-corrected chi connectivity index (χ3v) is 5.44. The van der Waals surface area contributed by atoms with E-state index in [1.165, 1.54) is 36.4 Å². The molecule has 2 aromatic carbocycles. The van der Waals surface area contributed by atoms with Crippen molar-refractivity contribution in [3.05, 3.63) is 64.4 Å². The largest absolute Gasteiger partial charge is 0.369 e. The molecule has 4 nitrogen and oxygen atoms in total. The Kier molecular flexibility index (Phi) is 6.54. The quantitative estimate of drug-likeness (QED) is 0.723. The molecule has 2 aromatic rings. The maximum Gasteiger partial charge on any atom is 0.269 e. The molecule has 1 fully saturated rings. The first-order valence-corrected chi connectivity index (χ1v) is 9.82. The summed E-state index contributed by atoms with van der Waals surface area (Å²) in [6.45, 7) is 0. The second-order valence-corrected chi connectivity index (χ2v) is 7.53. The molecule has 6 heteroatoms. The Hall–Kier alpha value is -2.86. The second kappa shape index (κ2) is 9.09. The average Bonchev–Trinajstić information content (AvgIpc) is 2.74. The summed E-state index contributed by atoms with van der Waals surface area (Å²) >= 11 is 6.03. The maximum absolute atomic E-state index is 13.1. The zero-order valence-corrected chi connectivity index (χ0v) is 16.5. The topological polar surface area (TPSA) is 73.1 Å². The summed E-state index contributed by atoms with van der Waals surface area (Å²) in [6.07, 6.45) is 4.28. The molecule has 29 heavy (non-hydrogen) atoms. The first-order valence-electron chi connectivity index (χ1n) is 9.44. The summed E-state index contributed by atoms with van der Waals surface area (Å²) in [4.78, 5) is 13.0. The van der Waals surface area contributed by atoms with Crippen LogP contribution in [0.3, 0.4) is 0 Å². The van der Waals surface area contributed by atoms with Crippen LogP contribution in [-0.2, 0) is 4.79 Å². The molecule has 1 aliphatic rings. The molecule has 0 saturated heterocycles. The van der Waals surface area contributed by atoms with E-state index in [4.69, 9.17) is 16.9 Å². The van der Waals surface area contributed by atoms with Gasteiger partial charge in [-0.1, -0.05) is 42.7 Å². The zero-order chi connectivity index (χ0) is 20.9. The summed E-state index contributed by atoms with van der Waals surface area (Å²) in [6, 6.07) is 12.0. The lowest BCUT2D eigenvalue weighted by Crippen LogP contribution is -2.48. The number of benzene rings is 2. The van der Waals surface area contributed by atoms with Crippen LogP contribution < -0.4 is 5.32 Å². The number of carbonyl (C=O) groups excluding carboxylic acids is 1. The number of nitrogens with zero attached hydrogens (tertiary/aromatic N) is 1. The number of nitrogens with one attached hydrogen (secondary N) is 1. The van der Waals surface area contributed by atoms with Gasteiger partial charge in [0.15, 0.2) is 0 Å². The van der Waals surface area contributed by atoms with Crippen molar-refractivity contribution >= 4 is 23.2 Å². The highest BCUT2D eigenvalue weighted by Crippen LogP contribution is 2.34. The van der Waals surface area contributed by atoms with Crippen molar-refractivity contribution in [3.8, 4) is 17.9 Å². The lowest BCUT2D eigenvalue weighted by Gasteiger charge is -2.33. The highest BCUT2D eigenvalue weighted by Gasteiger charge is 2.43. The van der Waals surface area contributed by atoms with Crippen LogP contribution in [0, 0.1) is 34.9 Å². The van der Waals surface area contributed by atoms with E-state index < -0.39 is 11.5 Å². The fourth-order valence-corrected chi connectivity index (χ4v) is 3.70. The van der Waals surface area contributed by atoms with Crippen LogP contribution >= 0.6 is 11.6 Å². The molecule has 1 aliphatic carbocycles. The summed E-state index contributed by atoms with van der Waals surface area (Å²) in [5, 5.41) is 23.2. The van der Waals surface area contributed by atoms with Crippen LogP contribution in [0.5, 0.6) is 0 Å². The number of rotatable bonds is 3. The third-order valence-electron chi connectivity index (χ3n) is 5.13. The molecule has 2 N–H and O–H groups in total. The molecule has 1 atom stereocenters. The molecule has 0 radical (unpaired) electrons. The van der Waals surface area contributed by atoms with E-state index in [9.17, 15) is 14.3 Å². The minimum Gasteiger partial charge on any atom is -0.369 e. The number of anilines is 1. The normalized spacial score (nSPS) is 16.1. The molecule has 0 unspecified atom stereocenters. The Morgan fingerprint density at radius 1 is 1.17 bits per heavy atom. The van der Waals surface area contributed by atoms with Crippen LogP contribution in [0.2, 0.25) is 5.02 Å². The third kappa shape index (κ3) is 4.95. The Morgan fingerprint density at radius 2 is 1.86 bits per heavy atom. The average molecular weight is 411 g/mol. The number of nitriles is 1. The van der Waals surface area contributed by atoms with Gasteiger partial charge in [-0.2, -0.15) is 5.26 Å². The minimum absolute atomic E-state index is 0.212. The van der Waals surface area contributed by atoms with Crippen molar-refractivity contribution in [1.82, 2.24) is 0 Å². The molecule has 0 bridgehead atoms. The number of aliphatic hydroxyl groups is 1. The minimum atomic E-state index is -1.89. The van der Waals surface area contributed by atoms with Gasteiger partial charge in [-0.25, -0.2) is 4.39 Å². The Bertz CT molecular complexity index is 998. The van der Waals surface area contributed by atoms with Gasteiger partial charge in [0.25, 0.3) is 5.91 Å². The smallest absolute Gasteiger partial charge is 0.269 e. The van der Waals surface area contributed by atoms with E-state index in [1.807, 2.05) is 6.07 Å². The van der Waals surface area contributed by atoms with Gasteiger partial charge in [0.2, 0.25) is 5.60 Å². The Balaban J connectivity index is 1.90. The highest BCUT2D eigenvalue weighted by molar-refractivity contribution is 6.32. The van der Waals surface area contributed by atoms with Crippen LogP contribution in [0.1, 0.15) is 43.2 Å². The lowest BCUT2D eigenvalue weighted by atomic mass is 9.76. The van der Waals surface area contributed by atoms with E-state index in [-0.39, 0.29) is 16.8 Å². The van der Waals surface area contributed by atoms with Crippen molar-refractivity contribution < 1.29 is 14.3 Å². The van der Waals surface area contributed by atoms with Gasteiger partial charge in [-0.3, -0.25) is 4.79 Å². The maximum atomic E-state index is 13.1. The second-order valence-electron chi connectivity index (χ2n) is 7.12. The SMILES string of the molecule is N#Cc1ccc(NC(=O)[C@](O)(C#Cc2ccc(F)cc2)C2CCCCC2)cc1Cl. The number of halogens is 2. The van der Waals surface area contributed by atoms with Crippen LogP contribution in [-0.4, -0.2) is 16.6 Å². The van der Waals surface area contributed by atoms with Crippen molar-refractivity contribution in [2.45, 2.75) is 37.7 Å². The van der Waals surface area contributed by atoms with E-state index in [0.717, 1.165) is 19.3 Å².